The molecule has 0 atom stereocenters. The topological polar surface area (TPSA) is 71.5 Å². The van der Waals surface area contributed by atoms with Crippen molar-refractivity contribution < 1.29 is 21.2 Å². The summed E-state index contributed by atoms with van der Waals surface area (Å²) >= 11 is 12.0. The van der Waals surface area contributed by atoms with Crippen LogP contribution in [0, 0.1) is 5.82 Å². The number of rotatable bonds is 5. The normalized spacial score (nSPS) is 15.6. The molecule has 0 amide bonds. The van der Waals surface area contributed by atoms with Gasteiger partial charge in [-0.1, -0.05) is 41.4 Å². The second kappa shape index (κ2) is 8.18. The van der Waals surface area contributed by atoms with Crippen molar-refractivity contribution in [1.29, 1.82) is 0 Å². The Bertz CT molecular complexity index is 1340. The minimum absolute atomic E-state index is 0.0260. The summed E-state index contributed by atoms with van der Waals surface area (Å²) in [5, 5.41) is -0.0550. The standard InChI is InChI=1S/C21H16Cl2FNO4S2/c22-20-10-3-15(11-21(20)23)14-1-6-18(7-2-14)31(28,29)25-12-19(13-25)30(26,27)17-8-4-16(24)5-9-17/h1-11,19H,12-13H2. The molecule has 0 N–H and O–H groups in total. The second-order valence-corrected chi connectivity index (χ2v) is 12.1. The van der Waals surface area contributed by atoms with E-state index >= 15 is 0 Å². The van der Waals surface area contributed by atoms with Gasteiger partial charge in [0.2, 0.25) is 10.0 Å². The van der Waals surface area contributed by atoms with Crippen LogP contribution < -0.4 is 0 Å². The lowest BCUT2D eigenvalue weighted by Gasteiger charge is -2.37. The summed E-state index contributed by atoms with van der Waals surface area (Å²) in [6.45, 7) is -0.312. The van der Waals surface area contributed by atoms with Crippen molar-refractivity contribution in [2.75, 3.05) is 13.1 Å². The highest BCUT2D eigenvalue weighted by molar-refractivity contribution is 7.92. The zero-order valence-electron chi connectivity index (χ0n) is 15.9. The van der Waals surface area contributed by atoms with Gasteiger partial charge in [-0.05, 0) is 59.7 Å². The molecule has 4 rings (SSSR count). The Balaban J connectivity index is 1.49. The minimum atomic E-state index is -3.84. The van der Waals surface area contributed by atoms with Crippen molar-refractivity contribution >= 4 is 43.1 Å². The highest BCUT2D eigenvalue weighted by Crippen LogP contribution is 2.31. The van der Waals surface area contributed by atoms with E-state index in [1.165, 1.54) is 24.3 Å². The molecule has 162 valence electrons. The van der Waals surface area contributed by atoms with E-state index in [1.54, 1.807) is 30.3 Å². The molecule has 10 heteroatoms. The number of hydrogen-bond donors (Lipinski definition) is 0. The maximum atomic E-state index is 13.1. The van der Waals surface area contributed by atoms with Gasteiger partial charge < -0.3 is 0 Å². The number of benzene rings is 3. The zero-order valence-corrected chi connectivity index (χ0v) is 19.0. The van der Waals surface area contributed by atoms with Crippen molar-refractivity contribution in [3.05, 3.63) is 82.6 Å². The number of hydrogen-bond acceptors (Lipinski definition) is 4. The van der Waals surface area contributed by atoms with Gasteiger partial charge in [-0.25, -0.2) is 21.2 Å². The van der Waals surface area contributed by atoms with Gasteiger partial charge in [-0.3, -0.25) is 0 Å². The Morgan fingerprint density at radius 3 is 1.87 bits per heavy atom. The first-order chi connectivity index (χ1) is 14.6. The molecule has 5 nitrogen and oxygen atoms in total. The third kappa shape index (κ3) is 4.23. The van der Waals surface area contributed by atoms with E-state index < -0.39 is 30.9 Å². The molecule has 0 aromatic heterocycles. The van der Waals surface area contributed by atoms with Gasteiger partial charge in [0.25, 0.3) is 0 Å². The maximum Gasteiger partial charge on any atom is 0.243 e. The van der Waals surface area contributed by atoms with Crippen LogP contribution in [0.1, 0.15) is 0 Å². The van der Waals surface area contributed by atoms with Crippen molar-refractivity contribution in [2.45, 2.75) is 15.0 Å². The summed E-state index contributed by atoms with van der Waals surface area (Å²) in [7, 11) is -7.58. The van der Waals surface area contributed by atoms with Crippen molar-refractivity contribution in [1.82, 2.24) is 4.31 Å². The first-order valence-corrected chi connectivity index (χ1v) is 12.9. The molecule has 0 unspecified atom stereocenters. The van der Waals surface area contributed by atoms with E-state index in [2.05, 4.69) is 0 Å². The van der Waals surface area contributed by atoms with Crippen molar-refractivity contribution in [3.63, 3.8) is 0 Å². The Morgan fingerprint density at radius 1 is 0.742 bits per heavy atom. The molecule has 3 aromatic carbocycles. The highest BCUT2D eigenvalue weighted by atomic mass is 35.5. The van der Waals surface area contributed by atoms with Gasteiger partial charge in [-0.15, -0.1) is 0 Å². The Morgan fingerprint density at radius 2 is 1.29 bits per heavy atom. The first kappa shape index (κ1) is 22.2. The van der Waals surface area contributed by atoms with Crippen LogP contribution >= 0.6 is 23.2 Å². The smallest absolute Gasteiger partial charge is 0.223 e. The molecular weight excluding hydrogens is 484 g/mol. The Kier molecular flexibility index (Phi) is 5.87. The van der Waals surface area contributed by atoms with Gasteiger partial charge in [-0.2, -0.15) is 4.31 Å². The fraction of sp³-hybridized carbons (Fsp3) is 0.143. The molecule has 1 heterocycles. The number of sulfone groups is 1. The monoisotopic (exact) mass is 499 g/mol. The lowest BCUT2D eigenvalue weighted by Crippen LogP contribution is -2.56. The third-order valence-electron chi connectivity index (χ3n) is 5.14. The Labute approximate surface area is 190 Å². The summed E-state index contributed by atoms with van der Waals surface area (Å²) in [5.41, 5.74) is 1.55. The molecule has 0 spiro atoms. The average molecular weight is 500 g/mol. The van der Waals surface area contributed by atoms with Crippen LogP contribution in [0.15, 0.2) is 76.5 Å². The van der Waals surface area contributed by atoms with Crippen molar-refractivity contribution in [2.24, 2.45) is 0 Å². The lowest BCUT2D eigenvalue weighted by molar-refractivity contribution is 0.309. The van der Waals surface area contributed by atoms with Gasteiger partial charge in [0.05, 0.1) is 25.1 Å². The van der Waals surface area contributed by atoms with E-state index in [1.807, 2.05) is 0 Å². The molecular formula is C21H16Cl2FNO4S2. The molecule has 1 saturated heterocycles. The van der Waals surface area contributed by atoms with E-state index in [9.17, 15) is 21.2 Å². The zero-order chi connectivity index (χ0) is 22.4. The van der Waals surface area contributed by atoms with Gasteiger partial charge in [0.15, 0.2) is 9.84 Å². The first-order valence-electron chi connectivity index (χ1n) is 9.14. The molecule has 0 bridgehead atoms. The van der Waals surface area contributed by atoms with Gasteiger partial charge in [0.1, 0.15) is 5.82 Å². The minimum Gasteiger partial charge on any atom is -0.223 e. The summed E-state index contributed by atoms with van der Waals surface area (Å²) in [4.78, 5) is 0.0378. The fourth-order valence-corrected chi connectivity index (χ4v) is 6.92. The van der Waals surface area contributed by atoms with E-state index in [0.717, 1.165) is 27.6 Å². The lowest BCUT2D eigenvalue weighted by atomic mass is 10.1. The van der Waals surface area contributed by atoms with Crippen LogP contribution in [0.2, 0.25) is 10.0 Å². The summed E-state index contributed by atoms with van der Waals surface area (Å²) in [5.74, 6) is -0.541. The summed E-state index contributed by atoms with van der Waals surface area (Å²) in [6, 6.07) is 15.9. The number of nitrogens with zero attached hydrogens (tertiary/aromatic N) is 1. The molecule has 3 aromatic rings. The maximum absolute atomic E-state index is 13.1. The number of sulfonamides is 1. The van der Waals surface area contributed by atoms with Crippen LogP contribution in [0.3, 0.4) is 0 Å². The van der Waals surface area contributed by atoms with E-state index in [4.69, 9.17) is 23.2 Å². The molecule has 0 saturated carbocycles. The van der Waals surface area contributed by atoms with Crippen LogP contribution in [0.4, 0.5) is 4.39 Å². The number of halogens is 3. The molecule has 1 aliphatic heterocycles. The average Bonchev–Trinajstić information content (AvgIpc) is 2.69. The second-order valence-electron chi connectivity index (χ2n) is 7.10. The van der Waals surface area contributed by atoms with Crippen LogP contribution in [0.5, 0.6) is 0 Å². The predicted molar refractivity (Wildman–Crippen MR) is 118 cm³/mol. The van der Waals surface area contributed by atoms with Crippen molar-refractivity contribution in [3.8, 4) is 11.1 Å². The largest absolute Gasteiger partial charge is 0.243 e. The summed E-state index contributed by atoms with van der Waals surface area (Å²) < 4.78 is 65.1. The summed E-state index contributed by atoms with van der Waals surface area (Å²) in [6.07, 6.45) is 0. The van der Waals surface area contributed by atoms with E-state index in [-0.39, 0.29) is 22.9 Å². The van der Waals surface area contributed by atoms with Gasteiger partial charge in [0, 0.05) is 13.1 Å². The Hall–Kier alpha value is -1.97. The third-order valence-corrected chi connectivity index (χ3v) is 9.83. The van der Waals surface area contributed by atoms with Gasteiger partial charge >= 0.3 is 0 Å². The molecule has 1 fully saturated rings. The quantitative estimate of drug-likeness (QED) is 0.479. The van der Waals surface area contributed by atoms with E-state index in [0.29, 0.717) is 10.0 Å². The molecule has 0 radical (unpaired) electrons. The highest BCUT2D eigenvalue weighted by Gasteiger charge is 2.44. The molecule has 31 heavy (non-hydrogen) atoms. The SMILES string of the molecule is O=S(=O)(c1ccc(F)cc1)C1CN(S(=O)(=O)c2ccc(-c3ccc(Cl)c(Cl)c3)cc2)C1. The molecule has 1 aliphatic rings. The van der Waals surface area contributed by atoms with Crippen LogP contribution in [0.25, 0.3) is 11.1 Å². The fourth-order valence-electron chi connectivity index (χ4n) is 3.25. The molecule has 0 aliphatic carbocycles. The van der Waals surface area contributed by atoms with Crippen LogP contribution in [-0.2, 0) is 19.9 Å². The van der Waals surface area contributed by atoms with Crippen LogP contribution in [-0.4, -0.2) is 39.5 Å². The predicted octanol–water partition coefficient (Wildman–Crippen LogP) is 4.65.